The molecule has 1 atom stereocenters. The van der Waals surface area contributed by atoms with Crippen LogP contribution in [0.15, 0.2) is 83.3 Å². The van der Waals surface area contributed by atoms with Gasteiger partial charge in [0.15, 0.2) is 0 Å². The van der Waals surface area contributed by atoms with Gasteiger partial charge in [0.1, 0.15) is 5.75 Å². The van der Waals surface area contributed by atoms with E-state index in [-0.39, 0.29) is 11.9 Å². The van der Waals surface area contributed by atoms with Gasteiger partial charge in [-0.2, -0.15) is 0 Å². The lowest BCUT2D eigenvalue weighted by molar-refractivity contribution is 0.0931. The van der Waals surface area contributed by atoms with Gasteiger partial charge in [-0.15, -0.1) is 0 Å². The van der Waals surface area contributed by atoms with Crippen LogP contribution in [0.3, 0.4) is 0 Å². The van der Waals surface area contributed by atoms with Crippen molar-refractivity contribution in [2.24, 2.45) is 0 Å². The Balaban J connectivity index is 1.71. The molecular formula is C24H24BrNO2. The second kappa shape index (κ2) is 10.1. The largest absolute Gasteiger partial charge is 0.492 e. The number of carbonyl (C=O) groups excluding carboxylic acids is 1. The Bertz CT molecular complexity index is 897. The maximum absolute atomic E-state index is 13.0. The van der Waals surface area contributed by atoms with Gasteiger partial charge in [-0.3, -0.25) is 4.79 Å². The number of hydrogen-bond acceptors (Lipinski definition) is 2. The van der Waals surface area contributed by atoms with Crippen molar-refractivity contribution in [1.82, 2.24) is 5.32 Å². The molecule has 0 saturated carbocycles. The van der Waals surface area contributed by atoms with Crippen molar-refractivity contribution in [1.29, 1.82) is 0 Å². The summed E-state index contributed by atoms with van der Waals surface area (Å²) in [6.45, 7) is 2.58. The van der Waals surface area contributed by atoms with Crippen molar-refractivity contribution in [3.63, 3.8) is 0 Å². The van der Waals surface area contributed by atoms with Gasteiger partial charge in [0, 0.05) is 10.9 Å². The molecule has 0 aliphatic carbocycles. The minimum atomic E-state index is -0.133. The molecule has 144 valence electrons. The third kappa shape index (κ3) is 5.46. The van der Waals surface area contributed by atoms with Gasteiger partial charge >= 0.3 is 0 Å². The number of ether oxygens (including phenoxy) is 1. The summed E-state index contributed by atoms with van der Waals surface area (Å²) in [7, 11) is 0. The fourth-order valence-corrected chi connectivity index (χ4v) is 3.43. The number of amides is 1. The number of carbonyl (C=O) groups is 1. The molecule has 0 aliphatic heterocycles. The van der Waals surface area contributed by atoms with Crippen LogP contribution in [0.4, 0.5) is 0 Å². The van der Waals surface area contributed by atoms with Crippen LogP contribution in [-0.4, -0.2) is 12.5 Å². The van der Waals surface area contributed by atoms with Crippen LogP contribution >= 0.6 is 15.9 Å². The molecule has 3 nitrogen and oxygen atoms in total. The van der Waals surface area contributed by atoms with E-state index in [4.69, 9.17) is 4.74 Å². The Labute approximate surface area is 174 Å². The molecule has 28 heavy (non-hydrogen) atoms. The second-order valence-electron chi connectivity index (χ2n) is 6.57. The Hall–Kier alpha value is -2.59. The van der Waals surface area contributed by atoms with Gasteiger partial charge in [0.05, 0.1) is 18.2 Å². The van der Waals surface area contributed by atoms with Crippen molar-refractivity contribution in [3.8, 4) is 5.75 Å². The molecule has 0 aromatic heterocycles. The summed E-state index contributed by atoms with van der Waals surface area (Å²) in [5.74, 6) is 0.464. The highest BCUT2D eigenvalue weighted by Gasteiger charge is 2.18. The first-order valence-corrected chi connectivity index (χ1v) is 10.3. The summed E-state index contributed by atoms with van der Waals surface area (Å²) < 4.78 is 6.80. The quantitative estimate of drug-likeness (QED) is 0.472. The van der Waals surface area contributed by atoms with Crippen molar-refractivity contribution in [2.75, 3.05) is 6.61 Å². The van der Waals surface area contributed by atoms with Crippen LogP contribution in [-0.2, 0) is 6.42 Å². The summed E-state index contributed by atoms with van der Waals surface area (Å²) in [5, 5.41) is 3.14. The van der Waals surface area contributed by atoms with Crippen molar-refractivity contribution in [2.45, 2.75) is 25.8 Å². The smallest absolute Gasteiger partial charge is 0.255 e. The molecule has 3 aromatic rings. The molecule has 1 unspecified atom stereocenters. The first kappa shape index (κ1) is 20.2. The van der Waals surface area contributed by atoms with Crippen molar-refractivity contribution in [3.05, 3.63) is 100 Å². The van der Waals surface area contributed by atoms with Crippen molar-refractivity contribution < 1.29 is 9.53 Å². The first-order chi connectivity index (χ1) is 13.7. The number of benzene rings is 3. The number of rotatable bonds is 8. The molecule has 4 heteroatoms. The van der Waals surface area contributed by atoms with Gasteiger partial charge in [-0.05, 0) is 35.7 Å². The highest BCUT2D eigenvalue weighted by Crippen LogP contribution is 2.25. The van der Waals surface area contributed by atoms with E-state index < -0.39 is 0 Å². The lowest BCUT2D eigenvalue weighted by Gasteiger charge is -2.19. The maximum atomic E-state index is 13.0. The van der Waals surface area contributed by atoms with Crippen LogP contribution in [0.25, 0.3) is 0 Å². The van der Waals surface area contributed by atoms with Crippen LogP contribution in [0, 0.1) is 0 Å². The molecule has 3 rings (SSSR count). The molecule has 0 bridgehead atoms. The zero-order chi connectivity index (χ0) is 19.8. The van der Waals surface area contributed by atoms with E-state index in [1.54, 1.807) is 0 Å². The van der Waals surface area contributed by atoms with E-state index in [1.165, 1.54) is 5.56 Å². The van der Waals surface area contributed by atoms with E-state index in [2.05, 4.69) is 40.3 Å². The number of nitrogens with one attached hydrogen (secondary N) is 1. The Morgan fingerprint density at radius 3 is 2.36 bits per heavy atom. The van der Waals surface area contributed by atoms with E-state index in [1.807, 2.05) is 66.7 Å². The van der Waals surface area contributed by atoms with Gasteiger partial charge in [-0.25, -0.2) is 0 Å². The fraction of sp³-hybridized carbons (Fsp3) is 0.208. The van der Waals surface area contributed by atoms with E-state index in [0.29, 0.717) is 17.9 Å². The lowest BCUT2D eigenvalue weighted by atomic mass is 10.0. The number of hydrogen-bond donors (Lipinski definition) is 1. The third-order valence-electron chi connectivity index (χ3n) is 4.59. The SMILES string of the molecule is CCC(NC(=O)c1cc(Br)ccc1OCCc1ccccc1)c1ccccc1. The number of halogens is 1. The maximum Gasteiger partial charge on any atom is 0.255 e. The van der Waals surface area contributed by atoms with Gasteiger partial charge in [-0.1, -0.05) is 83.5 Å². The molecule has 0 radical (unpaired) electrons. The molecule has 0 spiro atoms. The minimum absolute atomic E-state index is 0.0372. The predicted octanol–water partition coefficient (Wildman–Crippen LogP) is 5.95. The molecule has 1 N–H and O–H groups in total. The zero-order valence-corrected chi connectivity index (χ0v) is 17.5. The minimum Gasteiger partial charge on any atom is -0.492 e. The second-order valence-corrected chi connectivity index (χ2v) is 7.49. The van der Waals surface area contributed by atoms with Crippen molar-refractivity contribution >= 4 is 21.8 Å². The normalized spacial score (nSPS) is 11.6. The predicted molar refractivity (Wildman–Crippen MR) is 117 cm³/mol. The highest BCUT2D eigenvalue weighted by molar-refractivity contribution is 9.10. The van der Waals surface area contributed by atoms with Gasteiger partial charge in [0.2, 0.25) is 0 Å². The Kier molecular flexibility index (Phi) is 7.26. The summed E-state index contributed by atoms with van der Waals surface area (Å²) in [5.41, 5.74) is 2.84. The summed E-state index contributed by atoms with van der Waals surface area (Å²) in [6, 6.07) is 25.7. The standard InChI is InChI=1S/C24H24BrNO2/c1-2-22(19-11-7-4-8-12-19)26-24(27)21-17-20(25)13-14-23(21)28-16-15-18-9-5-3-6-10-18/h3-14,17,22H,2,15-16H2,1H3,(H,26,27). The van der Waals surface area contributed by atoms with Crippen LogP contribution < -0.4 is 10.1 Å². The Morgan fingerprint density at radius 2 is 1.68 bits per heavy atom. The molecule has 0 heterocycles. The summed E-state index contributed by atoms with van der Waals surface area (Å²) >= 11 is 3.46. The average Bonchev–Trinajstić information content (AvgIpc) is 2.74. The Morgan fingerprint density at radius 1 is 1.00 bits per heavy atom. The fourth-order valence-electron chi connectivity index (χ4n) is 3.07. The van der Waals surface area contributed by atoms with Crippen LogP contribution in [0.5, 0.6) is 5.75 Å². The molecule has 0 aliphatic rings. The molecule has 0 fully saturated rings. The van der Waals surface area contributed by atoms with Gasteiger partial charge < -0.3 is 10.1 Å². The topological polar surface area (TPSA) is 38.3 Å². The summed E-state index contributed by atoms with van der Waals surface area (Å²) in [4.78, 5) is 13.0. The zero-order valence-electron chi connectivity index (χ0n) is 15.9. The molecule has 0 saturated heterocycles. The summed E-state index contributed by atoms with van der Waals surface area (Å²) in [6.07, 6.45) is 1.60. The average molecular weight is 438 g/mol. The van der Waals surface area contributed by atoms with E-state index in [9.17, 15) is 4.79 Å². The molecular weight excluding hydrogens is 414 g/mol. The van der Waals surface area contributed by atoms with E-state index >= 15 is 0 Å². The van der Waals surface area contributed by atoms with E-state index in [0.717, 1.165) is 22.9 Å². The van der Waals surface area contributed by atoms with Crippen LogP contribution in [0.2, 0.25) is 0 Å². The van der Waals surface area contributed by atoms with Gasteiger partial charge in [0.25, 0.3) is 5.91 Å². The molecule has 3 aromatic carbocycles. The first-order valence-electron chi connectivity index (χ1n) is 9.49. The highest BCUT2D eigenvalue weighted by atomic mass is 79.9. The third-order valence-corrected chi connectivity index (χ3v) is 5.09. The monoisotopic (exact) mass is 437 g/mol. The van der Waals surface area contributed by atoms with Crippen LogP contribution in [0.1, 0.15) is 40.9 Å². The lowest BCUT2D eigenvalue weighted by Crippen LogP contribution is -2.28. The molecule has 1 amide bonds.